The number of phenols is 1. The van der Waals surface area contributed by atoms with Crippen LogP contribution >= 0.6 is 0 Å². The summed E-state index contributed by atoms with van der Waals surface area (Å²) in [6.45, 7) is 5.95. The second-order valence-corrected chi connectivity index (χ2v) is 8.42. The van der Waals surface area contributed by atoms with E-state index in [1.54, 1.807) is 18.2 Å². The SMILES string of the molecule is Cc1cc(-c2ccc(O)c(F)c2)c(C)c(C)c1-c1ccc(OS(C)(=O)=O)cc1. The lowest BCUT2D eigenvalue weighted by atomic mass is 9.87. The molecule has 3 aromatic carbocycles. The molecule has 1 N–H and O–H groups in total. The standard InChI is InChI=1S/C22H21FO4S/c1-13-11-19(17-7-10-21(24)20(23)12-17)14(2)15(3)22(13)16-5-8-18(9-6-16)27-28(4,25)26/h5-12,24H,1-4H3. The highest BCUT2D eigenvalue weighted by molar-refractivity contribution is 7.86. The molecule has 0 fully saturated rings. The number of aromatic hydroxyl groups is 1. The van der Waals surface area contributed by atoms with Crippen LogP contribution in [0.4, 0.5) is 4.39 Å². The summed E-state index contributed by atoms with van der Waals surface area (Å²) >= 11 is 0. The van der Waals surface area contributed by atoms with Gasteiger partial charge in [-0.05, 0) is 84.0 Å². The fourth-order valence-electron chi connectivity index (χ4n) is 3.35. The first kappa shape index (κ1) is 19.9. The molecule has 0 atom stereocenters. The summed E-state index contributed by atoms with van der Waals surface area (Å²) in [4.78, 5) is 0. The van der Waals surface area contributed by atoms with Crippen molar-refractivity contribution in [1.29, 1.82) is 0 Å². The first-order valence-corrected chi connectivity index (χ1v) is 10.5. The van der Waals surface area contributed by atoms with Crippen molar-refractivity contribution in [2.24, 2.45) is 0 Å². The van der Waals surface area contributed by atoms with E-state index in [1.807, 2.05) is 39.0 Å². The van der Waals surface area contributed by atoms with E-state index in [2.05, 4.69) is 0 Å². The average molecular weight is 400 g/mol. The second-order valence-electron chi connectivity index (χ2n) is 6.84. The highest BCUT2D eigenvalue weighted by Crippen LogP contribution is 2.37. The minimum atomic E-state index is -3.57. The molecule has 0 spiro atoms. The molecule has 0 unspecified atom stereocenters. The van der Waals surface area contributed by atoms with Gasteiger partial charge in [0.05, 0.1) is 6.26 Å². The molecule has 0 aromatic heterocycles. The Kier molecular flexibility index (Phi) is 5.17. The van der Waals surface area contributed by atoms with Crippen LogP contribution in [-0.4, -0.2) is 19.8 Å². The molecule has 0 radical (unpaired) electrons. The maximum absolute atomic E-state index is 13.8. The molecule has 0 bridgehead atoms. The second kappa shape index (κ2) is 7.28. The van der Waals surface area contributed by atoms with Crippen molar-refractivity contribution in [3.63, 3.8) is 0 Å². The van der Waals surface area contributed by atoms with Gasteiger partial charge in [-0.25, -0.2) is 4.39 Å². The van der Waals surface area contributed by atoms with Crippen LogP contribution in [0, 0.1) is 26.6 Å². The third-order valence-electron chi connectivity index (χ3n) is 4.75. The van der Waals surface area contributed by atoms with Crippen LogP contribution in [0.25, 0.3) is 22.3 Å². The van der Waals surface area contributed by atoms with Crippen molar-refractivity contribution < 1.29 is 22.1 Å². The van der Waals surface area contributed by atoms with Crippen molar-refractivity contribution >= 4 is 10.1 Å². The molecule has 3 aromatic rings. The summed E-state index contributed by atoms with van der Waals surface area (Å²) in [7, 11) is -3.57. The molecular weight excluding hydrogens is 379 g/mol. The number of hydrogen-bond acceptors (Lipinski definition) is 4. The van der Waals surface area contributed by atoms with Crippen molar-refractivity contribution in [2.75, 3.05) is 6.26 Å². The molecule has 6 heteroatoms. The molecule has 28 heavy (non-hydrogen) atoms. The van der Waals surface area contributed by atoms with Gasteiger partial charge in [-0.2, -0.15) is 8.42 Å². The Hall–Kier alpha value is -2.86. The van der Waals surface area contributed by atoms with Gasteiger partial charge in [0.1, 0.15) is 5.75 Å². The monoisotopic (exact) mass is 400 g/mol. The van der Waals surface area contributed by atoms with E-state index in [1.165, 1.54) is 12.1 Å². The molecule has 0 aliphatic rings. The Labute approximate surface area is 164 Å². The van der Waals surface area contributed by atoms with E-state index in [0.717, 1.165) is 39.6 Å². The Morgan fingerprint density at radius 3 is 2.07 bits per heavy atom. The minimum absolute atomic E-state index is 0.259. The van der Waals surface area contributed by atoms with E-state index < -0.39 is 15.9 Å². The zero-order valence-corrected chi connectivity index (χ0v) is 16.9. The predicted octanol–water partition coefficient (Wildman–Crippen LogP) is 5.13. The molecule has 0 saturated carbocycles. The number of phenolic OH excluding ortho intramolecular Hbond substituents is 1. The summed E-state index contributed by atoms with van der Waals surface area (Å²) in [6.07, 6.45) is 1.00. The first-order chi connectivity index (χ1) is 13.1. The van der Waals surface area contributed by atoms with Gasteiger partial charge in [0.2, 0.25) is 0 Å². The smallest absolute Gasteiger partial charge is 0.306 e. The number of aryl methyl sites for hydroxylation is 1. The van der Waals surface area contributed by atoms with E-state index in [0.29, 0.717) is 5.56 Å². The lowest BCUT2D eigenvalue weighted by molar-refractivity contribution is 0.432. The average Bonchev–Trinajstić information content (AvgIpc) is 2.61. The molecule has 146 valence electrons. The van der Waals surface area contributed by atoms with Gasteiger partial charge in [0, 0.05) is 0 Å². The third kappa shape index (κ3) is 4.02. The zero-order valence-electron chi connectivity index (χ0n) is 16.1. The van der Waals surface area contributed by atoms with Crippen molar-refractivity contribution in [1.82, 2.24) is 0 Å². The van der Waals surface area contributed by atoms with Gasteiger partial charge in [-0.15, -0.1) is 0 Å². The maximum Gasteiger partial charge on any atom is 0.306 e. The summed E-state index contributed by atoms with van der Waals surface area (Å²) < 4.78 is 41.2. The highest BCUT2D eigenvalue weighted by Gasteiger charge is 2.15. The summed E-state index contributed by atoms with van der Waals surface area (Å²) in [5.41, 5.74) is 6.61. The van der Waals surface area contributed by atoms with Gasteiger partial charge >= 0.3 is 10.1 Å². The van der Waals surface area contributed by atoms with Crippen LogP contribution in [0.1, 0.15) is 16.7 Å². The Bertz CT molecular complexity index is 1150. The molecule has 0 aliphatic heterocycles. The van der Waals surface area contributed by atoms with Crippen molar-refractivity contribution in [3.8, 4) is 33.8 Å². The van der Waals surface area contributed by atoms with Crippen LogP contribution in [0.3, 0.4) is 0 Å². The van der Waals surface area contributed by atoms with Gasteiger partial charge in [0.15, 0.2) is 11.6 Å². The first-order valence-electron chi connectivity index (χ1n) is 8.66. The predicted molar refractivity (Wildman–Crippen MR) is 109 cm³/mol. The summed E-state index contributed by atoms with van der Waals surface area (Å²) in [6, 6.07) is 13.2. The quantitative estimate of drug-likeness (QED) is 0.617. The van der Waals surface area contributed by atoms with Crippen LogP contribution < -0.4 is 4.18 Å². The Balaban J connectivity index is 2.06. The zero-order chi connectivity index (χ0) is 20.6. The van der Waals surface area contributed by atoms with Crippen molar-refractivity contribution in [3.05, 3.63) is 71.0 Å². The Morgan fingerprint density at radius 1 is 0.893 bits per heavy atom. The summed E-state index contributed by atoms with van der Waals surface area (Å²) in [5, 5.41) is 9.43. The molecule has 0 amide bonds. The molecular formula is C22H21FO4S. The van der Waals surface area contributed by atoms with Crippen molar-refractivity contribution in [2.45, 2.75) is 20.8 Å². The molecule has 0 aliphatic carbocycles. The van der Waals surface area contributed by atoms with Gasteiger partial charge < -0.3 is 9.29 Å². The van der Waals surface area contributed by atoms with Crippen LogP contribution in [0.15, 0.2) is 48.5 Å². The molecule has 0 heterocycles. The minimum Gasteiger partial charge on any atom is -0.505 e. The molecule has 4 nitrogen and oxygen atoms in total. The third-order valence-corrected chi connectivity index (χ3v) is 5.24. The fraction of sp³-hybridized carbons (Fsp3) is 0.182. The fourth-order valence-corrected chi connectivity index (χ4v) is 3.81. The largest absolute Gasteiger partial charge is 0.505 e. The molecule has 0 saturated heterocycles. The lowest BCUT2D eigenvalue weighted by Crippen LogP contribution is -2.05. The van der Waals surface area contributed by atoms with Gasteiger partial charge in [-0.3, -0.25) is 0 Å². The van der Waals surface area contributed by atoms with Crippen LogP contribution in [0.5, 0.6) is 11.5 Å². The number of benzene rings is 3. The topological polar surface area (TPSA) is 63.6 Å². The van der Waals surface area contributed by atoms with Crippen LogP contribution in [-0.2, 0) is 10.1 Å². The highest BCUT2D eigenvalue weighted by atomic mass is 32.2. The van der Waals surface area contributed by atoms with Crippen LogP contribution in [0.2, 0.25) is 0 Å². The number of hydrogen-bond donors (Lipinski definition) is 1. The van der Waals surface area contributed by atoms with E-state index in [-0.39, 0.29) is 11.5 Å². The Morgan fingerprint density at radius 2 is 1.50 bits per heavy atom. The molecule has 3 rings (SSSR count). The van der Waals surface area contributed by atoms with E-state index in [4.69, 9.17) is 4.18 Å². The lowest BCUT2D eigenvalue weighted by Gasteiger charge is -2.18. The van der Waals surface area contributed by atoms with E-state index >= 15 is 0 Å². The number of halogens is 1. The summed E-state index contributed by atoms with van der Waals surface area (Å²) in [5.74, 6) is -0.768. The normalized spacial score (nSPS) is 11.5. The van der Waals surface area contributed by atoms with Gasteiger partial charge in [-0.1, -0.05) is 24.3 Å². The number of rotatable bonds is 4. The maximum atomic E-state index is 13.8. The van der Waals surface area contributed by atoms with Gasteiger partial charge in [0.25, 0.3) is 0 Å². The van der Waals surface area contributed by atoms with E-state index in [9.17, 15) is 17.9 Å².